The van der Waals surface area contributed by atoms with Crippen molar-refractivity contribution in [3.8, 4) is 5.82 Å². The first-order chi connectivity index (χ1) is 16.4. The maximum atomic E-state index is 5.91. The van der Waals surface area contributed by atoms with Crippen molar-refractivity contribution in [3.05, 3.63) is 105 Å². The van der Waals surface area contributed by atoms with Crippen molar-refractivity contribution in [2.24, 2.45) is 0 Å². The smallest absolute Gasteiger partial charge is 0.174 e. The minimum Gasteiger partial charge on any atom is -0.351 e. The number of aryl methyl sites for hydroxylation is 3. The van der Waals surface area contributed by atoms with Crippen molar-refractivity contribution in [2.45, 2.75) is 39.8 Å². The number of aromatic nitrogens is 3. The van der Waals surface area contributed by atoms with Gasteiger partial charge in [0.1, 0.15) is 5.82 Å². The molecule has 4 heterocycles. The molecule has 0 bridgehead atoms. The maximum Gasteiger partial charge on any atom is 0.174 e. The summed E-state index contributed by atoms with van der Waals surface area (Å²) in [6.07, 6.45) is 3.69. The second-order valence-corrected chi connectivity index (χ2v) is 9.98. The van der Waals surface area contributed by atoms with Gasteiger partial charge in [-0.05, 0) is 99.1 Å². The third kappa shape index (κ3) is 3.83. The molecule has 7 heteroatoms. The summed E-state index contributed by atoms with van der Waals surface area (Å²) in [5.41, 5.74) is 7.80. The molecule has 0 radical (unpaired) electrons. The third-order valence-electron chi connectivity index (χ3n) is 6.50. The second kappa shape index (κ2) is 8.96. The molecule has 3 aromatic heterocycles. The van der Waals surface area contributed by atoms with E-state index in [9.17, 15) is 0 Å². The highest BCUT2D eigenvalue weighted by molar-refractivity contribution is 9.10. The predicted molar refractivity (Wildman–Crippen MR) is 145 cm³/mol. The summed E-state index contributed by atoms with van der Waals surface area (Å²) < 4.78 is 3.32. The number of thiocarbonyl (C=S) groups is 1. The number of nitrogens with zero attached hydrogens (tertiary/aromatic N) is 4. The number of halogens is 1. The van der Waals surface area contributed by atoms with E-state index in [0.29, 0.717) is 5.11 Å². The molecule has 1 aromatic carbocycles. The van der Waals surface area contributed by atoms with Crippen LogP contribution in [0.5, 0.6) is 0 Å². The van der Waals surface area contributed by atoms with E-state index in [0.717, 1.165) is 44.2 Å². The highest BCUT2D eigenvalue weighted by Crippen LogP contribution is 2.44. The van der Waals surface area contributed by atoms with Gasteiger partial charge in [-0.2, -0.15) is 0 Å². The molecule has 1 aliphatic heterocycles. The highest BCUT2D eigenvalue weighted by atomic mass is 79.9. The van der Waals surface area contributed by atoms with Gasteiger partial charge in [0, 0.05) is 33.9 Å². The lowest BCUT2D eigenvalue weighted by atomic mass is 9.96. The van der Waals surface area contributed by atoms with Gasteiger partial charge in [-0.1, -0.05) is 28.1 Å². The zero-order valence-electron chi connectivity index (χ0n) is 19.6. The summed E-state index contributed by atoms with van der Waals surface area (Å²) in [5, 5.41) is 4.26. The summed E-state index contributed by atoms with van der Waals surface area (Å²) in [7, 11) is 0. The lowest BCUT2D eigenvalue weighted by molar-refractivity contribution is 0.565. The van der Waals surface area contributed by atoms with Crippen molar-refractivity contribution in [3.63, 3.8) is 0 Å². The SMILES string of the molecule is Cc1cc(N2C(=S)N[C@@H](c3ccccn3)[C@H]2c2cc(C)n(-c3ncccc3C)c2C)ccc1Br. The van der Waals surface area contributed by atoms with Crippen LogP contribution in [0.1, 0.15) is 45.9 Å². The van der Waals surface area contributed by atoms with Crippen LogP contribution < -0.4 is 10.2 Å². The molecule has 1 aliphatic rings. The van der Waals surface area contributed by atoms with Crippen molar-refractivity contribution in [2.75, 3.05) is 4.90 Å². The molecule has 1 fully saturated rings. The Labute approximate surface area is 214 Å². The van der Waals surface area contributed by atoms with Gasteiger partial charge in [-0.25, -0.2) is 4.98 Å². The van der Waals surface area contributed by atoms with E-state index in [1.807, 2.05) is 30.6 Å². The molecule has 0 amide bonds. The Kier molecular flexibility index (Phi) is 6.00. The normalized spacial score (nSPS) is 17.8. The van der Waals surface area contributed by atoms with E-state index < -0.39 is 0 Å². The molecule has 0 unspecified atom stereocenters. The van der Waals surface area contributed by atoms with Gasteiger partial charge in [0.05, 0.1) is 17.8 Å². The van der Waals surface area contributed by atoms with Gasteiger partial charge in [-0.15, -0.1) is 0 Å². The van der Waals surface area contributed by atoms with Gasteiger partial charge >= 0.3 is 0 Å². The molecule has 4 aromatic rings. The van der Waals surface area contributed by atoms with Crippen LogP contribution in [0.15, 0.2) is 71.5 Å². The number of pyridine rings is 2. The van der Waals surface area contributed by atoms with Crippen LogP contribution in [0, 0.1) is 27.7 Å². The highest BCUT2D eigenvalue weighted by Gasteiger charge is 2.42. The van der Waals surface area contributed by atoms with Gasteiger partial charge < -0.3 is 14.8 Å². The molecule has 5 rings (SSSR count). The van der Waals surface area contributed by atoms with Crippen LogP contribution in [0.3, 0.4) is 0 Å². The first-order valence-electron chi connectivity index (χ1n) is 11.2. The van der Waals surface area contributed by atoms with Gasteiger partial charge in [-0.3, -0.25) is 4.98 Å². The Hall–Kier alpha value is -3.03. The first-order valence-corrected chi connectivity index (χ1v) is 12.4. The largest absolute Gasteiger partial charge is 0.351 e. The zero-order valence-corrected chi connectivity index (χ0v) is 22.0. The Balaban J connectivity index is 1.70. The number of hydrogen-bond donors (Lipinski definition) is 1. The number of benzene rings is 1. The molecule has 1 N–H and O–H groups in total. The van der Waals surface area contributed by atoms with E-state index in [1.54, 1.807) is 0 Å². The van der Waals surface area contributed by atoms with E-state index in [1.165, 1.54) is 5.56 Å². The van der Waals surface area contributed by atoms with Crippen molar-refractivity contribution in [1.82, 2.24) is 19.9 Å². The maximum absolute atomic E-state index is 5.91. The summed E-state index contributed by atoms with van der Waals surface area (Å²) >= 11 is 9.54. The van der Waals surface area contributed by atoms with E-state index >= 15 is 0 Å². The molecular formula is C27H26BrN5S. The first kappa shape index (κ1) is 22.7. The van der Waals surface area contributed by atoms with E-state index in [2.05, 4.69) is 99.8 Å². The van der Waals surface area contributed by atoms with Crippen LogP contribution in [-0.2, 0) is 0 Å². The summed E-state index contributed by atoms with van der Waals surface area (Å²) in [4.78, 5) is 11.6. The average Bonchev–Trinajstić information content (AvgIpc) is 3.32. The van der Waals surface area contributed by atoms with Crippen molar-refractivity contribution < 1.29 is 0 Å². The lowest BCUT2D eigenvalue weighted by Gasteiger charge is -2.28. The van der Waals surface area contributed by atoms with Crippen LogP contribution >= 0.6 is 28.1 Å². The summed E-state index contributed by atoms with van der Waals surface area (Å²) in [6.45, 7) is 8.50. The summed E-state index contributed by atoms with van der Waals surface area (Å²) in [6, 6.07) is 18.6. The minimum atomic E-state index is -0.0866. The van der Waals surface area contributed by atoms with E-state index in [-0.39, 0.29) is 12.1 Å². The van der Waals surface area contributed by atoms with Crippen molar-refractivity contribution in [1.29, 1.82) is 0 Å². The fraction of sp³-hybridized carbons (Fsp3) is 0.222. The fourth-order valence-corrected chi connectivity index (χ4v) is 5.44. The van der Waals surface area contributed by atoms with Crippen LogP contribution in [0.2, 0.25) is 0 Å². The zero-order chi connectivity index (χ0) is 24.0. The van der Waals surface area contributed by atoms with Crippen LogP contribution in [-0.4, -0.2) is 19.6 Å². The molecule has 0 saturated carbocycles. The fourth-order valence-electron chi connectivity index (χ4n) is 4.85. The minimum absolute atomic E-state index is 0.0630. The third-order valence-corrected chi connectivity index (χ3v) is 7.70. The summed E-state index contributed by atoms with van der Waals surface area (Å²) in [5.74, 6) is 0.956. The van der Waals surface area contributed by atoms with Gasteiger partial charge in [0.25, 0.3) is 0 Å². The molecule has 2 atom stereocenters. The Morgan fingerprint density at radius 2 is 1.71 bits per heavy atom. The number of nitrogens with one attached hydrogen (secondary N) is 1. The average molecular weight is 533 g/mol. The number of hydrogen-bond acceptors (Lipinski definition) is 3. The molecule has 34 heavy (non-hydrogen) atoms. The van der Waals surface area contributed by atoms with Gasteiger partial charge in [0.15, 0.2) is 5.11 Å². The molecule has 172 valence electrons. The monoisotopic (exact) mass is 531 g/mol. The van der Waals surface area contributed by atoms with Gasteiger partial charge in [0.2, 0.25) is 0 Å². The Morgan fingerprint density at radius 1 is 0.912 bits per heavy atom. The molecule has 0 spiro atoms. The number of anilines is 1. The van der Waals surface area contributed by atoms with E-state index in [4.69, 9.17) is 17.2 Å². The quantitative estimate of drug-likeness (QED) is 0.307. The second-order valence-electron chi connectivity index (χ2n) is 8.74. The Bertz CT molecular complexity index is 1380. The standard InChI is InChI=1S/C27H26BrN5S/c1-16-8-7-13-30-26(16)32-18(3)15-21(19(32)4)25-24(23-9-5-6-12-29-23)31-27(34)33(25)20-10-11-22(28)17(2)14-20/h5-15,24-25H,1-4H3,(H,31,34)/t24-,25+/m0/s1. The molecule has 5 nitrogen and oxygen atoms in total. The Morgan fingerprint density at radius 3 is 2.41 bits per heavy atom. The van der Waals surface area contributed by atoms with Crippen LogP contribution in [0.4, 0.5) is 5.69 Å². The molecular weight excluding hydrogens is 506 g/mol. The lowest BCUT2D eigenvalue weighted by Crippen LogP contribution is -2.29. The molecule has 0 aliphatic carbocycles. The number of rotatable bonds is 4. The van der Waals surface area contributed by atoms with Crippen molar-refractivity contribution >= 4 is 38.9 Å². The van der Waals surface area contributed by atoms with Crippen LogP contribution in [0.25, 0.3) is 5.82 Å². The predicted octanol–water partition coefficient (Wildman–Crippen LogP) is 6.44. The molecule has 1 saturated heterocycles. The topological polar surface area (TPSA) is 46.0 Å².